The van der Waals surface area contributed by atoms with E-state index in [0.717, 1.165) is 16.9 Å². The van der Waals surface area contributed by atoms with Crippen molar-refractivity contribution in [2.45, 2.75) is 13.8 Å². The topological polar surface area (TPSA) is 54.3 Å². The van der Waals surface area contributed by atoms with Gasteiger partial charge in [-0.1, -0.05) is 42.0 Å². The molecule has 138 valence electrons. The van der Waals surface area contributed by atoms with Gasteiger partial charge in [-0.25, -0.2) is 0 Å². The summed E-state index contributed by atoms with van der Waals surface area (Å²) in [4.78, 5) is 17.8. The third kappa shape index (κ3) is 4.65. The molecule has 0 saturated carbocycles. The lowest BCUT2D eigenvalue weighted by Gasteiger charge is -2.07. The SMILES string of the molecule is CCN=C1S/C(=C/c2ccc(OC)cc2)C(=O)N1/N=C\c1ccc(C)cc1. The van der Waals surface area contributed by atoms with Crippen molar-refractivity contribution in [1.29, 1.82) is 0 Å². The van der Waals surface area contributed by atoms with Crippen molar-refractivity contribution in [3.63, 3.8) is 0 Å². The van der Waals surface area contributed by atoms with Crippen LogP contribution in [0.3, 0.4) is 0 Å². The number of hydrogen-bond donors (Lipinski definition) is 0. The minimum atomic E-state index is -0.175. The van der Waals surface area contributed by atoms with Gasteiger partial charge in [-0.15, -0.1) is 0 Å². The maximum absolute atomic E-state index is 12.8. The zero-order valence-corrected chi connectivity index (χ0v) is 16.4. The summed E-state index contributed by atoms with van der Waals surface area (Å²) in [5.74, 6) is 0.603. The van der Waals surface area contributed by atoms with Gasteiger partial charge in [0.25, 0.3) is 5.91 Å². The highest BCUT2D eigenvalue weighted by Crippen LogP contribution is 2.33. The lowest BCUT2D eigenvalue weighted by atomic mass is 10.2. The van der Waals surface area contributed by atoms with E-state index < -0.39 is 0 Å². The molecule has 0 atom stereocenters. The van der Waals surface area contributed by atoms with Crippen LogP contribution >= 0.6 is 11.8 Å². The number of amides is 1. The monoisotopic (exact) mass is 379 g/mol. The van der Waals surface area contributed by atoms with Crippen LogP contribution in [0.4, 0.5) is 0 Å². The molecule has 3 rings (SSSR count). The number of nitrogens with zero attached hydrogens (tertiary/aromatic N) is 3. The van der Waals surface area contributed by atoms with Crippen molar-refractivity contribution in [1.82, 2.24) is 5.01 Å². The molecule has 1 saturated heterocycles. The van der Waals surface area contributed by atoms with Gasteiger partial charge in [-0.3, -0.25) is 9.79 Å². The minimum absolute atomic E-state index is 0.175. The molecule has 0 spiro atoms. The van der Waals surface area contributed by atoms with Crippen LogP contribution < -0.4 is 4.74 Å². The van der Waals surface area contributed by atoms with E-state index in [0.29, 0.717) is 16.6 Å². The average Bonchev–Trinajstić information content (AvgIpc) is 2.97. The predicted molar refractivity (Wildman–Crippen MR) is 112 cm³/mol. The van der Waals surface area contributed by atoms with Crippen LogP contribution in [0.1, 0.15) is 23.6 Å². The first-order chi connectivity index (χ1) is 13.1. The first-order valence-corrected chi connectivity index (χ1v) is 9.45. The zero-order chi connectivity index (χ0) is 19.2. The summed E-state index contributed by atoms with van der Waals surface area (Å²) in [5.41, 5.74) is 3.03. The smallest absolute Gasteiger partial charge is 0.287 e. The van der Waals surface area contributed by atoms with Crippen LogP contribution in [-0.2, 0) is 4.79 Å². The molecule has 1 heterocycles. The molecule has 5 nitrogen and oxygen atoms in total. The molecule has 0 aromatic heterocycles. The van der Waals surface area contributed by atoms with Crippen LogP contribution in [0.2, 0.25) is 0 Å². The molecular weight excluding hydrogens is 358 g/mol. The van der Waals surface area contributed by atoms with Gasteiger partial charge in [0.1, 0.15) is 5.75 Å². The number of hydrogen-bond acceptors (Lipinski definition) is 5. The van der Waals surface area contributed by atoms with Crippen LogP contribution in [0.15, 0.2) is 63.5 Å². The zero-order valence-electron chi connectivity index (χ0n) is 15.5. The number of aryl methyl sites for hydroxylation is 1. The summed E-state index contributed by atoms with van der Waals surface area (Å²) in [6.07, 6.45) is 3.53. The van der Waals surface area contributed by atoms with Gasteiger partial charge in [-0.2, -0.15) is 10.1 Å². The standard InChI is InChI=1S/C21H21N3O2S/c1-4-22-21-24(23-14-17-7-5-15(2)6-8-17)20(25)19(27-21)13-16-9-11-18(26-3)12-10-16/h5-14H,4H2,1-3H3/b19-13+,22-21?,23-14-. The van der Waals surface area contributed by atoms with Gasteiger partial charge in [-0.05, 0) is 54.9 Å². The van der Waals surface area contributed by atoms with Crippen LogP contribution in [-0.4, -0.2) is 36.0 Å². The highest BCUT2D eigenvalue weighted by molar-refractivity contribution is 8.18. The molecule has 1 aliphatic heterocycles. The normalized spacial score (nSPS) is 17.4. The molecular formula is C21H21N3O2S. The largest absolute Gasteiger partial charge is 0.497 e. The Morgan fingerprint density at radius 1 is 1.07 bits per heavy atom. The van der Waals surface area contributed by atoms with Crippen LogP contribution in [0.25, 0.3) is 6.08 Å². The van der Waals surface area contributed by atoms with E-state index in [-0.39, 0.29) is 5.91 Å². The van der Waals surface area contributed by atoms with Gasteiger partial charge in [0.2, 0.25) is 0 Å². The molecule has 0 aliphatic carbocycles. The number of ether oxygens (including phenoxy) is 1. The van der Waals surface area contributed by atoms with Crippen molar-refractivity contribution in [2.24, 2.45) is 10.1 Å². The summed E-state index contributed by atoms with van der Waals surface area (Å²) < 4.78 is 5.17. The Hall–Kier alpha value is -2.86. The number of amidine groups is 1. The number of aliphatic imine (C=N–C) groups is 1. The molecule has 1 aliphatic rings. The molecule has 2 aromatic rings. The van der Waals surface area contributed by atoms with Gasteiger partial charge >= 0.3 is 0 Å². The highest BCUT2D eigenvalue weighted by Gasteiger charge is 2.33. The molecule has 0 radical (unpaired) electrons. The number of hydrazone groups is 1. The number of benzene rings is 2. The molecule has 2 aromatic carbocycles. The van der Waals surface area contributed by atoms with E-state index in [2.05, 4.69) is 10.1 Å². The second-order valence-electron chi connectivity index (χ2n) is 5.91. The van der Waals surface area contributed by atoms with Crippen LogP contribution in [0, 0.1) is 6.92 Å². The quantitative estimate of drug-likeness (QED) is 0.574. The van der Waals surface area contributed by atoms with E-state index in [9.17, 15) is 4.79 Å². The third-order valence-corrected chi connectivity index (χ3v) is 4.89. The Balaban J connectivity index is 1.84. The van der Waals surface area contributed by atoms with Crippen molar-refractivity contribution < 1.29 is 9.53 Å². The van der Waals surface area contributed by atoms with E-state index in [4.69, 9.17) is 4.74 Å². The molecule has 1 amide bonds. The van der Waals surface area contributed by atoms with Gasteiger partial charge in [0.15, 0.2) is 5.17 Å². The Kier molecular flexibility index (Phi) is 6.08. The molecule has 0 N–H and O–H groups in total. The first kappa shape index (κ1) is 18.9. The van der Waals surface area contributed by atoms with E-state index in [1.807, 2.05) is 68.5 Å². The Morgan fingerprint density at radius 3 is 2.37 bits per heavy atom. The third-order valence-electron chi connectivity index (χ3n) is 3.89. The summed E-state index contributed by atoms with van der Waals surface area (Å²) in [7, 11) is 1.63. The van der Waals surface area contributed by atoms with Gasteiger partial charge in [0, 0.05) is 6.54 Å². The summed E-state index contributed by atoms with van der Waals surface area (Å²) in [5, 5.41) is 6.32. The molecule has 0 bridgehead atoms. The molecule has 0 unspecified atom stereocenters. The summed E-state index contributed by atoms with van der Waals surface area (Å²) >= 11 is 1.34. The van der Waals surface area contributed by atoms with Crippen molar-refractivity contribution in [2.75, 3.05) is 13.7 Å². The lowest BCUT2D eigenvalue weighted by molar-refractivity contribution is -0.122. The van der Waals surface area contributed by atoms with E-state index >= 15 is 0 Å². The molecule has 27 heavy (non-hydrogen) atoms. The first-order valence-electron chi connectivity index (χ1n) is 8.64. The second kappa shape index (κ2) is 8.68. The van der Waals surface area contributed by atoms with Crippen molar-refractivity contribution >= 4 is 35.1 Å². The number of rotatable bonds is 5. The van der Waals surface area contributed by atoms with E-state index in [1.165, 1.54) is 22.3 Å². The molecule has 6 heteroatoms. The summed E-state index contributed by atoms with van der Waals surface area (Å²) in [6.45, 7) is 4.55. The fraction of sp³-hybridized carbons (Fsp3) is 0.190. The number of carbonyl (C=O) groups is 1. The fourth-order valence-corrected chi connectivity index (χ4v) is 3.41. The lowest BCUT2D eigenvalue weighted by Crippen LogP contribution is -2.23. The second-order valence-corrected chi connectivity index (χ2v) is 6.92. The average molecular weight is 379 g/mol. The number of methoxy groups -OCH3 is 1. The molecule has 1 fully saturated rings. The van der Waals surface area contributed by atoms with Crippen LogP contribution in [0.5, 0.6) is 5.75 Å². The Morgan fingerprint density at radius 2 is 1.74 bits per heavy atom. The number of carbonyl (C=O) groups excluding carboxylic acids is 1. The van der Waals surface area contributed by atoms with E-state index in [1.54, 1.807) is 13.3 Å². The maximum atomic E-state index is 12.8. The fourth-order valence-electron chi connectivity index (χ4n) is 2.43. The van der Waals surface area contributed by atoms with Crippen molar-refractivity contribution in [3.05, 3.63) is 70.1 Å². The van der Waals surface area contributed by atoms with Crippen molar-refractivity contribution in [3.8, 4) is 5.75 Å². The summed E-state index contributed by atoms with van der Waals surface area (Å²) in [6, 6.07) is 15.5. The maximum Gasteiger partial charge on any atom is 0.287 e. The minimum Gasteiger partial charge on any atom is -0.497 e. The predicted octanol–water partition coefficient (Wildman–Crippen LogP) is 4.33. The Bertz CT molecular complexity index is 900. The number of thioether (sulfide) groups is 1. The Labute approximate surface area is 163 Å². The highest BCUT2D eigenvalue weighted by atomic mass is 32.2. The van der Waals surface area contributed by atoms with Gasteiger partial charge < -0.3 is 4.74 Å². The van der Waals surface area contributed by atoms with Gasteiger partial charge in [0.05, 0.1) is 18.2 Å².